The minimum atomic E-state index is -0.495. The van der Waals surface area contributed by atoms with Crippen molar-refractivity contribution >= 4 is 0 Å². The van der Waals surface area contributed by atoms with E-state index in [9.17, 15) is 4.39 Å². The summed E-state index contributed by atoms with van der Waals surface area (Å²) in [4.78, 5) is 2.25. The molecule has 1 aliphatic heterocycles. The molecule has 2 rings (SSSR count). The summed E-state index contributed by atoms with van der Waals surface area (Å²) in [7, 11) is 0. The van der Waals surface area contributed by atoms with Gasteiger partial charge in [0, 0.05) is 12.1 Å². The first-order chi connectivity index (χ1) is 8.20. The lowest BCUT2D eigenvalue weighted by atomic mass is 10.1. The number of nitrogens with two attached hydrogens (primary N) is 1. The average Bonchev–Trinajstić information content (AvgIpc) is 2.83. The molecular weight excluding hydrogens is 219 g/mol. The summed E-state index contributed by atoms with van der Waals surface area (Å²) in [6.45, 7) is 2.61. The van der Waals surface area contributed by atoms with Gasteiger partial charge < -0.3 is 10.8 Å². The van der Waals surface area contributed by atoms with Gasteiger partial charge in [-0.2, -0.15) is 0 Å². The van der Waals surface area contributed by atoms with E-state index in [1.165, 1.54) is 18.9 Å². The maximum Gasteiger partial charge on any atom is 0.128 e. The van der Waals surface area contributed by atoms with E-state index in [0.29, 0.717) is 17.7 Å². The molecule has 3 nitrogen and oxygen atoms in total. The van der Waals surface area contributed by atoms with E-state index in [2.05, 4.69) is 4.90 Å². The van der Waals surface area contributed by atoms with Crippen LogP contribution in [0.2, 0.25) is 0 Å². The van der Waals surface area contributed by atoms with Crippen LogP contribution in [0.15, 0.2) is 18.2 Å². The summed E-state index contributed by atoms with van der Waals surface area (Å²) in [6.07, 6.45) is 2.41. The Hall–Kier alpha value is -0.970. The number of aliphatic hydroxyl groups is 1. The SMILES string of the molecule is NC(CO)c1ccc(CN2CCCC2)c(F)c1. The molecule has 17 heavy (non-hydrogen) atoms. The predicted octanol–water partition coefficient (Wildman–Crippen LogP) is 1.41. The van der Waals surface area contributed by atoms with Gasteiger partial charge in [-0.25, -0.2) is 4.39 Å². The van der Waals surface area contributed by atoms with Crippen molar-refractivity contribution in [3.05, 3.63) is 35.1 Å². The van der Waals surface area contributed by atoms with Crippen LogP contribution >= 0.6 is 0 Å². The van der Waals surface area contributed by atoms with Crippen LogP contribution in [0.3, 0.4) is 0 Å². The molecule has 0 amide bonds. The summed E-state index contributed by atoms with van der Waals surface area (Å²) < 4.78 is 13.8. The summed E-state index contributed by atoms with van der Waals surface area (Å²) in [5.41, 5.74) is 7.01. The lowest BCUT2D eigenvalue weighted by molar-refractivity contribution is 0.267. The second-order valence-electron chi connectivity index (χ2n) is 4.62. The molecule has 3 N–H and O–H groups in total. The van der Waals surface area contributed by atoms with Crippen molar-refractivity contribution in [2.24, 2.45) is 5.73 Å². The number of rotatable bonds is 4. The first-order valence-electron chi connectivity index (χ1n) is 6.08. The molecule has 0 spiro atoms. The van der Waals surface area contributed by atoms with Crippen molar-refractivity contribution in [1.29, 1.82) is 0 Å². The topological polar surface area (TPSA) is 49.5 Å². The smallest absolute Gasteiger partial charge is 0.128 e. The highest BCUT2D eigenvalue weighted by atomic mass is 19.1. The zero-order chi connectivity index (χ0) is 12.3. The molecule has 0 aromatic heterocycles. The van der Waals surface area contributed by atoms with Gasteiger partial charge in [0.05, 0.1) is 12.6 Å². The van der Waals surface area contributed by atoms with Crippen molar-refractivity contribution < 1.29 is 9.50 Å². The van der Waals surface area contributed by atoms with Crippen LogP contribution in [0.1, 0.15) is 30.0 Å². The first-order valence-corrected chi connectivity index (χ1v) is 6.08. The van der Waals surface area contributed by atoms with E-state index in [4.69, 9.17) is 10.8 Å². The lowest BCUT2D eigenvalue weighted by Gasteiger charge is -2.16. The molecule has 1 unspecified atom stereocenters. The molecule has 0 aliphatic carbocycles. The molecular formula is C13H19FN2O. The van der Waals surface area contributed by atoms with Crippen LogP contribution in [-0.4, -0.2) is 29.7 Å². The average molecular weight is 238 g/mol. The normalized spacial score (nSPS) is 18.5. The van der Waals surface area contributed by atoms with Crippen molar-refractivity contribution in [2.45, 2.75) is 25.4 Å². The number of aliphatic hydroxyl groups excluding tert-OH is 1. The van der Waals surface area contributed by atoms with Crippen LogP contribution < -0.4 is 5.73 Å². The van der Waals surface area contributed by atoms with Gasteiger partial charge in [0.25, 0.3) is 0 Å². The van der Waals surface area contributed by atoms with Crippen molar-refractivity contribution in [3.8, 4) is 0 Å². The summed E-state index contributed by atoms with van der Waals surface area (Å²) in [5, 5.41) is 8.92. The van der Waals surface area contributed by atoms with Crippen molar-refractivity contribution in [3.63, 3.8) is 0 Å². The van der Waals surface area contributed by atoms with Gasteiger partial charge in [0.1, 0.15) is 5.82 Å². The number of hydrogen-bond donors (Lipinski definition) is 2. The quantitative estimate of drug-likeness (QED) is 0.834. The second-order valence-corrected chi connectivity index (χ2v) is 4.62. The minimum Gasteiger partial charge on any atom is -0.394 e. The Balaban J connectivity index is 2.08. The number of nitrogens with zero attached hydrogens (tertiary/aromatic N) is 1. The van der Waals surface area contributed by atoms with Crippen LogP contribution in [0.4, 0.5) is 4.39 Å². The Morgan fingerprint density at radius 1 is 1.35 bits per heavy atom. The highest BCUT2D eigenvalue weighted by molar-refractivity contribution is 5.26. The van der Waals surface area contributed by atoms with Gasteiger partial charge in [-0.3, -0.25) is 4.90 Å². The monoisotopic (exact) mass is 238 g/mol. The third kappa shape index (κ3) is 3.03. The number of hydrogen-bond acceptors (Lipinski definition) is 3. The third-order valence-electron chi connectivity index (χ3n) is 3.29. The van der Waals surface area contributed by atoms with Crippen LogP contribution in [0.25, 0.3) is 0 Å². The molecule has 4 heteroatoms. The predicted molar refractivity (Wildman–Crippen MR) is 64.9 cm³/mol. The van der Waals surface area contributed by atoms with Gasteiger partial charge in [0.15, 0.2) is 0 Å². The summed E-state index contributed by atoms with van der Waals surface area (Å²) in [6, 6.07) is 4.52. The fourth-order valence-electron chi connectivity index (χ4n) is 2.21. The number of benzene rings is 1. The van der Waals surface area contributed by atoms with E-state index >= 15 is 0 Å². The Bertz CT molecular complexity index is 378. The molecule has 94 valence electrons. The van der Waals surface area contributed by atoms with Gasteiger partial charge in [0.2, 0.25) is 0 Å². The first kappa shape index (κ1) is 12.5. The molecule has 1 aromatic carbocycles. The molecule has 0 radical (unpaired) electrons. The van der Waals surface area contributed by atoms with Crippen LogP contribution in [0.5, 0.6) is 0 Å². The zero-order valence-electron chi connectivity index (χ0n) is 9.90. The standard InChI is InChI=1S/C13H19FN2O/c14-12-7-10(13(15)9-17)3-4-11(12)8-16-5-1-2-6-16/h3-4,7,13,17H,1-2,5-6,8-9,15H2. The van der Waals surface area contributed by atoms with Crippen molar-refractivity contribution in [2.75, 3.05) is 19.7 Å². The van der Waals surface area contributed by atoms with Gasteiger partial charge in [-0.1, -0.05) is 12.1 Å². The van der Waals surface area contributed by atoms with Gasteiger partial charge in [-0.15, -0.1) is 0 Å². The second kappa shape index (κ2) is 5.58. The molecule has 1 saturated heterocycles. The van der Waals surface area contributed by atoms with Crippen LogP contribution in [0, 0.1) is 5.82 Å². The largest absolute Gasteiger partial charge is 0.394 e. The maximum absolute atomic E-state index is 13.8. The van der Waals surface area contributed by atoms with Crippen LogP contribution in [-0.2, 0) is 6.54 Å². The Labute approximate surface area is 101 Å². The van der Waals surface area contributed by atoms with E-state index in [-0.39, 0.29) is 12.4 Å². The van der Waals surface area contributed by atoms with E-state index in [1.807, 2.05) is 0 Å². The minimum absolute atomic E-state index is 0.162. The summed E-state index contributed by atoms with van der Waals surface area (Å²) in [5.74, 6) is -0.224. The fraction of sp³-hybridized carbons (Fsp3) is 0.538. The van der Waals surface area contributed by atoms with E-state index < -0.39 is 6.04 Å². The summed E-state index contributed by atoms with van der Waals surface area (Å²) >= 11 is 0. The molecule has 1 heterocycles. The van der Waals surface area contributed by atoms with E-state index in [1.54, 1.807) is 12.1 Å². The molecule has 0 saturated carbocycles. The molecule has 1 atom stereocenters. The number of likely N-dealkylation sites (tertiary alicyclic amines) is 1. The van der Waals surface area contributed by atoms with E-state index in [0.717, 1.165) is 13.1 Å². The number of halogens is 1. The molecule has 1 aliphatic rings. The van der Waals surface area contributed by atoms with Gasteiger partial charge in [-0.05, 0) is 37.6 Å². The van der Waals surface area contributed by atoms with Crippen molar-refractivity contribution in [1.82, 2.24) is 4.90 Å². The van der Waals surface area contributed by atoms with Gasteiger partial charge >= 0.3 is 0 Å². The Kier molecular flexibility index (Phi) is 4.10. The lowest BCUT2D eigenvalue weighted by Crippen LogP contribution is -2.20. The molecule has 1 aromatic rings. The fourth-order valence-corrected chi connectivity index (χ4v) is 2.21. The maximum atomic E-state index is 13.8. The molecule has 1 fully saturated rings. The highest BCUT2D eigenvalue weighted by Gasteiger charge is 2.15. The Morgan fingerprint density at radius 3 is 2.65 bits per heavy atom. The third-order valence-corrected chi connectivity index (χ3v) is 3.29. The molecule has 0 bridgehead atoms. The zero-order valence-corrected chi connectivity index (χ0v) is 9.90. The highest BCUT2D eigenvalue weighted by Crippen LogP contribution is 2.18. The Morgan fingerprint density at radius 2 is 2.06 bits per heavy atom.